The maximum atomic E-state index is 9.60. The Bertz CT molecular complexity index is 306. The molecule has 0 aliphatic rings. The van der Waals surface area contributed by atoms with Gasteiger partial charge in [0.05, 0.1) is 0 Å². The van der Waals surface area contributed by atoms with Gasteiger partial charge in [-0.25, -0.2) is 4.79 Å². The molecule has 0 aromatic heterocycles. The summed E-state index contributed by atoms with van der Waals surface area (Å²) in [5, 5.41) is 7.89. The molecule has 0 saturated carbocycles. The van der Waals surface area contributed by atoms with Crippen molar-refractivity contribution in [3.63, 3.8) is 0 Å². The van der Waals surface area contributed by atoms with Crippen molar-refractivity contribution in [2.24, 2.45) is 0 Å². The Hall–Kier alpha value is -1.54. The van der Waals surface area contributed by atoms with E-state index in [9.17, 15) is 4.79 Å². The minimum absolute atomic E-state index is 0. The number of aliphatic carboxylic acids is 1. The minimum atomic E-state index is -0.935. The predicted octanol–water partition coefficient (Wildman–Crippen LogP) is 3.40. The highest BCUT2D eigenvalue weighted by Gasteiger charge is 1.90. The molecule has 1 aromatic rings. The zero-order valence-corrected chi connectivity index (χ0v) is 9.46. The molecule has 0 fully saturated rings. The Balaban J connectivity index is 0. The fraction of sp³-hybridized carbons (Fsp3) is 0.0833. The molecule has 0 unspecified atom stereocenters. The molecule has 0 heterocycles. The summed E-state index contributed by atoms with van der Waals surface area (Å²) >= 11 is 0. The van der Waals surface area contributed by atoms with Crippen LogP contribution in [-0.2, 0) is 4.79 Å². The van der Waals surface area contributed by atoms with Crippen LogP contribution < -0.4 is 0 Å². The SMILES string of the molecule is C=C(C)C(=O)O.C=Cc1ccccc1.Cl. The van der Waals surface area contributed by atoms with Crippen LogP contribution in [0.3, 0.4) is 0 Å². The van der Waals surface area contributed by atoms with Gasteiger partial charge in [0.2, 0.25) is 0 Å². The Morgan fingerprint density at radius 1 is 1.33 bits per heavy atom. The molecule has 0 aliphatic heterocycles. The Morgan fingerprint density at radius 2 is 1.73 bits per heavy atom. The molecule has 15 heavy (non-hydrogen) atoms. The number of carboxylic acids is 1. The Kier molecular flexibility index (Phi) is 9.58. The first-order chi connectivity index (χ1) is 6.57. The largest absolute Gasteiger partial charge is 0.478 e. The summed E-state index contributed by atoms with van der Waals surface area (Å²) in [6.07, 6.45) is 1.83. The number of hydrogen-bond acceptors (Lipinski definition) is 1. The summed E-state index contributed by atoms with van der Waals surface area (Å²) in [5.41, 5.74) is 1.35. The van der Waals surface area contributed by atoms with E-state index in [4.69, 9.17) is 5.11 Å². The highest BCUT2D eigenvalue weighted by atomic mass is 35.5. The zero-order chi connectivity index (χ0) is 11.0. The third-order valence-corrected chi connectivity index (χ3v) is 1.40. The number of hydrogen-bond donors (Lipinski definition) is 1. The van der Waals surface area contributed by atoms with Crippen LogP contribution in [0, 0.1) is 0 Å². The molecule has 0 radical (unpaired) electrons. The topological polar surface area (TPSA) is 37.3 Å². The van der Waals surface area contributed by atoms with Crippen molar-refractivity contribution in [2.45, 2.75) is 6.92 Å². The number of carboxylic acid groups (broad SMARTS) is 1. The first-order valence-electron chi connectivity index (χ1n) is 4.14. The van der Waals surface area contributed by atoms with Crippen molar-refractivity contribution in [3.8, 4) is 0 Å². The summed E-state index contributed by atoms with van der Waals surface area (Å²) in [7, 11) is 0. The van der Waals surface area contributed by atoms with Crippen LogP contribution in [0.2, 0.25) is 0 Å². The molecule has 0 spiro atoms. The van der Waals surface area contributed by atoms with Crippen molar-refractivity contribution in [3.05, 3.63) is 54.6 Å². The maximum absolute atomic E-state index is 9.60. The van der Waals surface area contributed by atoms with Crippen LogP contribution in [0.1, 0.15) is 12.5 Å². The molecule has 0 amide bonds. The molecular formula is C12H15ClO2. The molecule has 0 saturated heterocycles. The van der Waals surface area contributed by atoms with Gasteiger partial charge in [-0.1, -0.05) is 49.6 Å². The average molecular weight is 227 g/mol. The van der Waals surface area contributed by atoms with Gasteiger partial charge in [0.25, 0.3) is 0 Å². The van der Waals surface area contributed by atoms with E-state index in [1.165, 1.54) is 12.5 Å². The fourth-order valence-electron chi connectivity index (χ4n) is 0.589. The average Bonchev–Trinajstić information content (AvgIpc) is 2.20. The van der Waals surface area contributed by atoms with Gasteiger partial charge in [0.15, 0.2) is 0 Å². The first kappa shape index (κ1) is 15.9. The van der Waals surface area contributed by atoms with Crippen LogP contribution >= 0.6 is 12.4 Å². The summed E-state index contributed by atoms with van der Waals surface area (Å²) in [6.45, 7) is 8.23. The fourth-order valence-corrected chi connectivity index (χ4v) is 0.589. The van der Waals surface area contributed by atoms with E-state index < -0.39 is 5.97 Å². The molecule has 1 aromatic carbocycles. The van der Waals surface area contributed by atoms with Crippen molar-refractivity contribution in [2.75, 3.05) is 0 Å². The summed E-state index contributed by atoms with van der Waals surface area (Å²) in [6, 6.07) is 10.0. The molecule has 0 aliphatic carbocycles. The van der Waals surface area contributed by atoms with E-state index in [-0.39, 0.29) is 18.0 Å². The summed E-state index contributed by atoms with van der Waals surface area (Å²) < 4.78 is 0. The van der Waals surface area contributed by atoms with Gasteiger partial charge in [-0.05, 0) is 12.5 Å². The Labute approximate surface area is 96.4 Å². The van der Waals surface area contributed by atoms with Crippen molar-refractivity contribution >= 4 is 24.5 Å². The Morgan fingerprint density at radius 3 is 1.93 bits per heavy atom. The van der Waals surface area contributed by atoms with Gasteiger partial charge in [0.1, 0.15) is 0 Å². The second-order valence-electron chi connectivity index (χ2n) is 2.70. The van der Waals surface area contributed by atoms with Gasteiger partial charge in [-0.3, -0.25) is 0 Å². The first-order valence-corrected chi connectivity index (χ1v) is 4.14. The zero-order valence-electron chi connectivity index (χ0n) is 8.64. The molecule has 2 nitrogen and oxygen atoms in total. The van der Waals surface area contributed by atoms with Gasteiger partial charge in [-0.2, -0.15) is 0 Å². The lowest BCUT2D eigenvalue weighted by Gasteiger charge is -1.85. The molecule has 0 atom stereocenters. The van der Waals surface area contributed by atoms with E-state index in [1.54, 1.807) is 0 Å². The molecule has 0 bridgehead atoms. The monoisotopic (exact) mass is 226 g/mol. The summed E-state index contributed by atoms with van der Waals surface area (Å²) in [4.78, 5) is 9.60. The lowest BCUT2D eigenvalue weighted by atomic mass is 10.2. The standard InChI is InChI=1S/C8H8.C4H6O2.ClH/c1-2-8-6-4-3-5-7-8;1-3(2)4(5)6;/h2-7H,1H2;1H2,2H3,(H,5,6);1H. The molecule has 1 N–H and O–H groups in total. The molecular weight excluding hydrogens is 212 g/mol. The van der Waals surface area contributed by atoms with E-state index in [1.807, 2.05) is 36.4 Å². The quantitative estimate of drug-likeness (QED) is 0.785. The lowest BCUT2D eigenvalue weighted by molar-refractivity contribution is -0.132. The van der Waals surface area contributed by atoms with Gasteiger partial charge >= 0.3 is 5.97 Å². The number of carbonyl (C=O) groups is 1. The third kappa shape index (κ3) is 8.78. The highest BCUT2D eigenvalue weighted by molar-refractivity contribution is 5.85. The van der Waals surface area contributed by atoms with E-state index in [2.05, 4.69) is 13.2 Å². The maximum Gasteiger partial charge on any atom is 0.330 e. The highest BCUT2D eigenvalue weighted by Crippen LogP contribution is 1.97. The lowest BCUT2D eigenvalue weighted by Crippen LogP contribution is -1.92. The minimum Gasteiger partial charge on any atom is -0.478 e. The molecule has 1 rings (SSSR count). The van der Waals surface area contributed by atoms with Crippen LogP contribution in [-0.4, -0.2) is 11.1 Å². The van der Waals surface area contributed by atoms with Crippen LogP contribution in [0.15, 0.2) is 49.1 Å². The number of rotatable bonds is 2. The second-order valence-corrected chi connectivity index (χ2v) is 2.70. The van der Waals surface area contributed by atoms with Gasteiger partial charge in [-0.15, -0.1) is 12.4 Å². The van der Waals surface area contributed by atoms with Crippen molar-refractivity contribution in [1.29, 1.82) is 0 Å². The van der Waals surface area contributed by atoms with E-state index >= 15 is 0 Å². The van der Waals surface area contributed by atoms with Crippen LogP contribution in [0.5, 0.6) is 0 Å². The molecule has 3 heteroatoms. The van der Waals surface area contributed by atoms with Crippen molar-refractivity contribution in [1.82, 2.24) is 0 Å². The van der Waals surface area contributed by atoms with Crippen molar-refractivity contribution < 1.29 is 9.90 Å². The number of benzene rings is 1. The second kappa shape index (κ2) is 9.03. The third-order valence-electron chi connectivity index (χ3n) is 1.40. The van der Waals surface area contributed by atoms with Crippen LogP contribution in [0.25, 0.3) is 6.08 Å². The van der Waals surface area contributed by atoms with Gasteiger partial charge < -0.3 is 5.11 Å². The number of halogens is 1. The van der Waals surface area contributed by atoms with E-state index in [0.717, 1.165) is 0 Å². The van der Waals surface area contributed by atoms with Gasteiger partial charge in [0, 0.05) is 5.57 Å². The smallest absolute Gasteiger partial charge is 0.330 e. The summed E-state index contributed by atoms with van der Waals surface area (Å²) in [5.74, 6) is -0.935. The predicted molar refractivity (Wildman–Crippen MR) is 66.2 cm³/mol. The van der Waals surface area contributed by atoms with Crippen LogP contribution in [0.4, 0.5) is 0 Å². The van der Waals surface area contributed by atoms with E-state index in [0.29, 0.717) is 0 Å². The molecule has 82 valence electrons. The normalized spacial score (nSPS) is 7.53.